The predicted octanol–water partition coefficient (Wildman–Crippen LogP) is 8.19. The molecule has 0 bridgehead atoms. The average Bonchev–Trinajstić information content (AvgIpc) is 2.82. The smallest absolute Gasteiger partial charge is 0.311 e. The first-order valence-electron chi connectivity index (χ1n) is 14.6. The van der Waals surface area contributed by atoms with Gasteiger partial charge in [-0.3, -0.25) is 4.79 Å². The van der Waals surface area contributed by atoms with E-state index in [2.05, 4.69) is 60.0 Å². The summed E-state index contributed by atoms with van der Waals surface area (Å²) in [4.78, 5) is 12.1. The van der Waals surface area contributed by atoms with E-state index in [1.165, 1.54) is 6.42 Å². The Kier molecular flexibility index (Phi) is 15.3. The molecule has 0 radical (unpaired) electrons. The Hall–Kier alpha value is -1.13. The third-order valence-corrected chi connectivity index (χ3v) is 13.4. The summed E-state index contributed by atoms with van der Waals surface area (Å²) >= 11 is 0. The van der Waals surface area contributed by atoms with Gasteiger partial charge in [0.1, 0.15) is 0 Å². The van der Waals surface area contributed by atoms with Crippen molar-refractivity contribution >= 4 is 14.3 Å². The zero-order valence-corrected chi connectivity index (χ0v) is 26.4. The first kappa shape index (κ1) is 33.9. The minimum atomic E-state index is -2.09. The number of ether oxygens (including phenoxy) is 3. The molecular weight excluding hydrogens is 480 g/mol. The van der Waals surface area contributed by atoms with E-state index in [4.69, 9.17) is 18.6 Å². The van der Waals surface area contributed by atoms with Gasteiger partial charge in [-0.25, -0.2) is 0 Å². The molecule has 0 aliphatic carbocycles. The van der Waals surface area contributed by atoms with Crippen LogP contribution < -0.4 is 0 Å². The molecule has 1 aliphatic heterocycles. The van der Waals surface area contributed by atoms with Crippen LogP contribution in [0, 0.1) is 17.3 Å². The highest BCUT2D eigenvalue weighted by molar-refractivity contribution is 6.77. The van der Waals surface area contributed by atoms with Crippen molar-refractivity contribution in [2.75, 3.05) is 19.8 Å². The van der Waals surface area contributed by atoms with Gasteiger partial charge in [0.2, 0.25) is 8.32 Å². The highest BCUT2D eigenvalue weighted by atomic mass is 28.4. The van der Waals surface area contributed by atoms with Gasteiger partial charge in [-0.2, -0.15) is 0 Å². The van der Waals surface area contributed by atoms with E-state index in [-0.39, 0.29) is 18.4 Å². The average molecular weight is 537 g/mol. The van der Waals surface area contributed by atoms with Crippen molar-refractivity contribution < 1.29 is 23.4 Å². The fourth-order valence-electron chi connectivity index (χ4n) is 5.25. The molecule has 1 rings (SSSR count). The SMILES string of the molecule is C=C(C#CCCCOC1CCCCO1)C(CCCCOC(=O)C(C)(C)C)O[Si](C(C)C)(C(C)C)C(C)C. The minimum absolute atomic E-state index is 0.0432. The number of unbranched alkanes of at least 4 members (excludes halogenated alkanes) is 2. The molecule has 214 valence electrons. The van der Waals surface area contributed by atoms with E-state index >= 15 is 0 Å². The zero-order chi connectivity index (χ0) is 28.1. The number of carbonyl (C=O) groups is 1. The van der Waals surface area contributed by atoms with E-state index in [9.17, 15) is 4.79 Å². The lowest BCUT2D eigenvalue weighted by molar-refractivity contribution is -0.162. The van der Waals surface area contributed by atoms with Gasteiger partial charge >= 0.3 is 5.97 Å². The maximum atomic E-state index is 12.1. The van der Waals surface area contributed by atoms with Crippen LogP contribution in [0.1, 0.15) is 114 Å². The lowest BCUT2D eigenvalue weighted by atomic mass is 9.97. The highest BCUT2D eigenvalue weighted by Crippen LogP contribution is 2.44. The summed E-state index contributed by atoms with van der Waals surface area (Å²) in [6, 6.07) is 0. The number of rotatable bonds is 15. The molecule has 0 aromatic heterocycles. The fraction of sp³-hybridized carbons (Fsp3) is 0.839. The highest BCUT2D eigenvalue weighted by Gasteiger charge is 2.46. The number of esters is 1. The van der Waals surface area contributed by atoms with Gasteiger partial charge in [-0.1, -0.05) is 60.0 Å². The first-order valence-corrected chi connectivity index (χ1v) is 16.7. The van der Waals surface area contributed by atoms with Crippen LogP contribution >= 0.6 is 0 Å². The third kappa shape index (κ3) is 11.6. The van der Waals surface area contributed by atoms with Crippen molar-refractivity contribution in [2.45, 2.75) is 143 Å². The van der Waals surface area contributed by atoms with Crippen molar-refractivity contribution in [3.05, 3.63) is 12.2 Å². The molecule has 1 heterocycles. The lowest BCUT2D eigenvalue weighted by Crippen LogP contribution is -2.50. The standard InChI is InChI=1S/C31H56O5Si/c1-24(2)37(25(3)4,26(5)6)36-28(19-13-16-23-35-30(32)31(8,9)10)27(7)18-12-11-15-21-33-29-20-14-17-22-34-29/h24-26,28-29H,7,11,13-17,19-23H2,1-6,8-10H3. The van der Waals surface area contributed by atoms with Crippen LogP contribution in [0.5, 0.6) is 0 Å². The summed E-state index contributed by atoms with van der Waals surface area (Å²) in [7, 11) is -2.09. The molecule has 0 N–H and O–H groups in total. The Labute approximate surface area is 229 Å². The monoisotopic (exact) mass is 536 g/mol. The Morgan fingerprint density at radius 2 is 1.65 bits per heavy atom. The summed E-state index contributed by atoms with van der Waals surface area (Å²) < 4.78 is 24.0. The fourth-order valence-corrected chi connectivity index (χ4v) is 10.8. The summed E-state index contributed by atoms with van der Waals surface area (Å²) in [6.07, 6.45) is 7.35. The second kappa shape index (κ2) is 16.7. The van der Waals surface area contributed by atoms with E-state index in [1.54, 1.807) is 0 Å². The van der Waals surface area contributed by atoms with Crippen molar-refractivity contribution in [1.82, 2.24) is 0 Å². The molecule has 37 heavy (non-hydrogen) atoms. The van der Waals surface area contributed by atoms with Gasteiger partial charge in [0.05, 0.1) is 24.7 Å². The third-order valence-electron chi connectivity index (χ3n) is 7.29. The van der Waals surface area contributed by atoms with E-state index in [0.717, 1.165) is 57.1 Å². The molecule has 0 amide bonds. The Balaban J connectivity index is 2.75. The molecular formula is C31H56O5Si. The Morgan fingerprint density at radius 3 is 2.19 bits per heavy atom. The maximum Gasteiger partial charge on any atom is 0.311 e. The molecule has 6 heteroatoms. The predicted molar refractivity (Wildman–Crippen MR) is 156 cm³/mol. The van der Waals surface area contributed by atoms with E-state index in [0.29, 0.717) is 29.8 Å². The van der Waals surface area contributed by atoms with Crippen molar-refractivity contribution in [3.63, 3.8) is 0 Å². The minimum Gasteiger partial charge on any atom is -0.465 e. The van der Waals surface area contributed by atoms with Gasteiger partial charge in [0.15, 0.2) is 6.29 Å². The number of carbonyl (C=O) groups excluding carboxylic acids is 1. The first-order chi connectivity index (χ1) is 17.3. The second-order valence-corrected chi connectivity index (χ2v) is 17.8. The van der Waals surface area contributed by atoms with Crippen LogP contribution in [0.3, 0.4) is 0 Å². The van der Waals surface area contributed by atoms with Crippen LogP contribution in [0.2, 0.25) is 16.6 Å². The maximum absolute atomic E-state index is 12.1. The molecule has 5 nitrogen and oxygen atoms in total. The molecule has 1 aliphatic rings. The van der Waals surface area contributed by atoms with E-state index < -0.39 is 13.7 Å². The van der Waals surface area contributed by atoms with Crippen molar-refractivity contribution in [2.24, 2.45) is 5.41 Å². The van der Waals surface area contributed by atoms with Gasteiger partial charge in [-0.05, 0) is 82.3 Å². The molecule has 1 fully saturated rings. The normalized spacial score (nSPS) is 17.6. The van der Waals surface area contributed by atoms with Gasteiger partial charge in [0, 0.05) is 18.6 Å². The Bertz CT molecular complexity index is 713. The van der Waals surface area contributed by atoms with Crippen LogP contribution in [0.25, 0.3) is 0 Å². The number of hydrogen-bond donors (Lipinski definition) is 0. The molecule has 0 spiro atoms. The van der Waals surface area contributed by atoms with Gasteiger partial charge < -0.3 is 18.6 Å². The van der Waals surface area contributed by atoms with Gasteiger partial charge in [-0.15, -0.1) is 0 Å². The van der Waals surface area contributed by atoms with Crippen molar-refractivity contribution in [1.29, 1.82) is 0 Å². The van der Waals surface area contributed by atoms with Crippen LogP contribution in [0.4, 0.5) is 0 Å². The molecule has 0 aromatic rings. The van der Waals surface area contributed by atoms with Crippen LogP contribution in [-0.4, -0.2) is 46.5 Å². The topological polar surface area (TPSA) is 54.0 Å². The lowest BCUT2D eigenvalue weighted by Gasteiger charge is -2.44. The largest absolute Gasteiger partial charge is 0.465 e. The molecule has 2 atom stereocenters. The molecule has 1 saturated heterocycles. The Morgan fingerprint density at radius 1 is 1.00 bits per heavy atom. The summed E-state index contributed by atoms with van der Waals surface area (Å²) in [5.74, 6) is 6.47. The zero-order valence-electron chi connectivity index (χ0n) is 25.4. The van der Waals surface area contributed by atoms with Gasteiger partial charge in [0.25, 0.3) is 0 Å². The summed E-state index contributed by atoms with van der Waals surface area (Å²) in [6.45, 7) is 25.7. The molecule has 0 aromatic carbocycles. The summed E-state index contributed by atoms with van der Waals surface area (Å²) in [5, 5.41) is 0. The molecule has 0 saturated carbocycles. The second-order valence-electron chi connectivity index (χ2n) is 12.4. The quantitative estimate of drug-likeness (QED) is 0.0914. The van der Waals surface area contributed by atoms with E-state index in [1.807, 2.05) is 20.8 Å². The van der Waals surface area contributed by atoms with Crippen LogP contribution in [0.15, 0.2) is 12.2 Å². The number of hydrogen-bond acceptors (Lipinski definition) is 5. The van der Waals surface area contributed by atoms with Crippen LogP contribution in [-0.2, 0) is 23.4 Å². The molecule has 2 unspecified atom stereocenters. The van der Waals surface area contributed by atoms with Crippen molar-refractivity contribution in [3.8, 4) is 11.8 Å². The summed E-state index contributed by atoms with van der Waals surface area (Å²) in [5.41, 5.74) is 1.86.